The van der Waals surface area contributed by atoms with Crippen LogP contribution in [0.25, 0.3) is 11.4 Å². The second kappa shape index (κ2) is 9.91. The third kappa shape index (κ3) is 5.70. The summed E-state index contributed by atoms with van der Waals surface area (Å²) in [4.78, 5) is 25.3. The van der Waals surface area contributed by atoms with E-state index >= 15 is 0 Å². The van der Waals surface area contributed by atoms with E-state index < -0.39 is 11.7 Å². The molecule has 0 fully saturated rings. The van der Waals surface area contributed by atoms with Crippen molar-refractivity contribution >= 4 is 11.7 Å². The number of hydrogen-bond donors (Lipinski definition) is 0. The van der Waals surface area contributed by atoms with Gasteiger partial charge >= 0.3 is 6.18 Å². The van der Waals surface area contributed by atoms with E-state index in [1.165, 1.54) is 12.1 Å². The molecule has 164 valence electrons. The topological polar surface area (TPSA) is 49.3 Å². The first kappa shape index (κ1) is 23.6. The van der Waals surface area contributed by atoms with Gasteiger partial charge in [0, 0.05) is 37.0 Å². The van der Waals surface area contributed by atoms with E-state index in [4.69, 9.17) is 0 Å². The van der Waals surface area contributed by atoms with Gasteiger partial charge in [-0.15, -0.1) is 0 Å². The van der Waals surface area contributed by atoms with Crippen molar-refractivity contribution < 1.29 is 18.0 Å². The molecule has 0 bridgehead atoms. The highest BCUT2D eigenvalue weighted by atomic mass is 19.4. The Balaban J connectivity index is 2.31. The van der Waals surface area contributed by atoms with Crippen molar-refractivity contribution in [3.05, 3.63) is 41.1 Å². The highest BCUT2D eigenvalue weighted by Gasteiger charge is 2.30. The zero-order valence-corrected chi connectivity index (χ0v) is 18.2. The maximum Gasteiger partial charge on any atom is 0.416 e. The third-order valence-corrected chi connectivity index (χ3v) is 4.91. The van der Waals surface area contributed by atoms with Crippen molar-refractivity contribution in [3.8, 4) is 11.4 Å². The number of aryl methyl sites for hydroxylation is 1. The van der Waals surface area contributed by atoms with Gasteiger partial charge in [0.25, 0.3) is 0 Å². The van der Waals surface area contributed by atoms with Crippen molar-refractivity contribution in [2.75, 3.05) is 31.6 Å². The van der Waals surface area contributed by atoms with E-state index in [1.807, 2.05) is 32.6 Å². The molecule has 0 atom stereocenters. The van der Waals surface area contributed by atoms with Crippen LogP contribution in [0.1, 0.15) is 43.5 Å². The maximum atomic E-state index is 12.8. The van der Waals surface area contributed by atoms with Gasteiger partial charge in [-0.3, -0.25) is 4.79 Å². The van der Waals surface area contributed by atoms with Gasteiger partial charge in [-0.1, -0.05) is 26.0 Å². The zero-order valence-electron chi connectivity index (χ0n) is 18.2. The highest BCUT2D eigenvalue weighted by molar-refractivity contribution is 5.81. The summed E-state index contributed by atoms with van der Waals surface area (Å²) in [6.07, 6.45) is -2.62. The molecule has 0 aliphatic heterocycles. The smallest absolute Gasteiger partial charge is 0.350 e. The number of alkyl halides is 3. The predicted octanol–water partition coefficient (Wildman–Crippen LogP) is 4.86. The van der Waals surface area contributed by atoms with Crippen LogP contribution in [0, 0.1) is 13.8 Å². The number of hydrogen-bond acceptors (Lipinski definition) is 4. The van der Waals surface area contributed by atoms with Crippen LogP contribution in [0.5, 0.6) is 0 Å². The Kier molecular flexibility index (Phi) is 7.81. The number of anilines is 1. The fourth-order valence-electron chi connectivity index (χ4n) is 3.20. The molecule has 2 rings (SSSR count). The molecule has 1 heterocycles. The molecule has 1 aromatic heterocycles. The molecular weight excluding hydrogens is 393 g/mol. The number of carbonyl (C=O) groups is 1. The molecule has 0 saturated carbocycles. The van der Waals surface area contributed by atoms with Crippen molar-refractivity contribution in [2.45, 2.75) is 46.7 Å². The monoisotopic (exact) mass is 422 g/mol. The molecule has 0 aliphatic rings. The zero-order chi connectivity index (χ0) is 22.5. The summed E-state index contributed by atoms with van der Waals surface area (Å²) in [5.41, 5.74) is 1.32. The minimum atomic E-state index is -4.39. The van der Waals surface area contributed by atoms with Crippen LogP contribution in [-0.2, 0) is 11.0 Å². The molecule has 0 N–H and O–H groups in total. The Hall–Kier alpha value is -2.64. The van der Waals surface area contributed by atoms with Crippen LogP contribution in [0.15, 0.2) is 24.3 Å². The lowest BCUT2D eigenvalue weighted by atomic mass is 10.1. The molecule has 1 aromatic carbocycles. The SMILES string of the molecule is CCCN(CCC)C(=O)CN(C)c1nc(-c2ccc(C(F)(F)F)cc2)nc(C)c1C. The first-order valence-corrected chi connectivity index (χ1v) is 10.1. The van der Waals surface area contributed by atoms with E-state index in [9.17, 15) is 18.0 Å². The van der Waals surface area contributed by atoms with Crippen molar-refractivity contribution in [1.29, 1.82) is 0 Å². The van der Waals surface area contributed by atoms with Crippen LogP contribution in [0.3, 0.4) is 0 Å². The molecule has 8 heteroatoms. The van der Waals surface area contributed by atoms with Gasteiger partial charge in [-0.05, 0) is 38.8 Å². The Bertz CT molecular complexity index is 860. The van der Waals surface area contributed by atoms with Gasteiger partial charge in [0.2, 0.25) is 5.91 Å². The molecule has 0 saturated heterocycles. The van der Waals surface area contributed by atoms with Crippen LogP contribution in [0.4, 0.5) is 19.0 Å². The molecule has 5 nitrogen and oxygen atoms in total. The fraction of sp³-hybridized carbons (Fsp3) is 0.500. The largest absolute Gasteiger partial charge is 0.416 e. The highest BCUT2D eigenvalue weighted by Crippen LogP contribution is 2.31. The van der Waals surface area contributed by atoms with E-state index in [1.54, 1.807) is 11.9 Å². The van der Waals surface area contributed by atoms with Gasteiger partial charge in [-0.25, -0.2) is 9.97 Å². The first-order chi connectivity index (χ1) is 14.1. The predicted molar refractivity (Wildman–Crippen MR) is 112 cm³/mol. The molecular formula is C22H29F3N4O. The van der Waals surface area contributed by atoms with Gasteiger partial charge in [0.1, 0.15) is 5.82 Å². The van der Waals surface area contributed by atoms with Gasteiger partial charge in [0.05, 0.1) is 12.1 Å². The summed E-state index contributed by atoms with van der Waals surface area (Å²) in [6.45, 7) is 9.35. The molecule has 2 aromatic rings. The fourth-order valence-corrected chi connectivity index (χ4v) is 3.20. The summed E-state index contributed by atoms with van der Waals surface area (Å²) >= 11 is 0. The quantitative estimate of drug-likeness (QED) is 0.609. The Morgan fingerprint density at radius 3 is 2.07 bits per heavy atom. The number of rotatable bonds is 8. The van der Waals surface area contributed by atoms with Gasteiger partial charge < -0.3 is 9.80 Å². The van der Waals surface area contributed by atoms with Crippen LogP contribution in [-0.4, -0.2) is 47.5 Å². The number of amides is 1. The summed E-state index contributed by atoms with van der Waals surface area (Å²) in [5.74, 6) is 0.951. The Morgan fingerprint density at radius 1 is 1.00 bits per heavy atom. The number of benzene rings is 1. The lowest BCUT2D eigenvalue weighted by molar-refractivity contribution is -0.137. The summed E-state index contributed by atoms with van der Waals surface area (Å²) < 4.78 is 38.5. The molecule has 0 radical (unpaired) electrons. The second-order valence-corrected chi connectivity index (χ2v) is 7.39. The average molecular weight is 422 g/mol. The first-order valence-electron chi connectivity index (χ1n) is 10.1. The van der Waals surface area contributed by atoms with Crippen molar-refractivity contribution in [3.63, 3.8) is 0 Å². The van der Waals surface area contributed by atoms with Crippen molar-refractivity contribution in [1.82, 2.24) is 14.9 Å². The molecule has 0 spiro atoms. The standard InChI is InChI=1S/C22H29F3N4O/c1-6-12-29(13-7-2)19(30)14-28(5)21-15(3)16(4)26-20(27-21)17-8-10-18(11-9-17)22(23,24)25/h8-11H,6-7,12-14H2,1-5H3. The molecule has 0 unspecified atom stereocenters. The minimum absolute atomic E-state index is 0.0212. The molecule has 0 aliphatic carbocycles. The van der Waals surface area contributed by atoms with Crippen LogP contribution >= 0.6 is 0 Å². The van der Waals surface area contributed by atoms with Gasteiger partial charge in [0.15, 0.2) is 5.82 Å². The lowest BCUT2D eigenvalue weighted by Gasteiger charge is -2.26. The van der Waals surface area contributed by atoms with E-state index in [2.05, 4.69) is 9.97 Å². The number of nitrogens with zero attached hydrogens (tertiary/aromatic N) is 4. The van der Waals surface area contributed by atoms with Gasteiger partial charge in [-0.2, -0.15) is 13.2 Å². The lowest BCUT2D eigenvalue weighted by Crippen LogP contribution is -2.40. The summed E-state index contributed by atoms with van der Waals surface area (Å²) in [6, 6.07) is 4.78. The van der Waals surface area contributed by atoms with E-state index in [0.717, 1.165) is 30.5 Å². The number of halogens is 3. The van der Waals surface area contributed by atoms with Crippen molar-refractivity contribution in [2.24, 2.45) is 0 Å². The average Bonchev–Trinajstić information content (AvgIpc) is 2.69. The van der Waals surface area contributed by atoms with Crippen LogP contribution in [0.2, 0.25) is 0 Å². The minimum Gasteiger partial charge on any atom is -0.350 e. The molecule has 30 heavy (non-hydrogen) atoms. The van der Waals surface area contributed by atoms with Crippen LogP contribution < -0.4 is 4.90 Å². The van der Waals surface area contributed by atoms with E-state index in [0.29, 0.717) is 36.0 Å². The number of carbonyl (C=O) groups excluding carboxylic acids is 1. The second-order valence-electron chi connectivity index (χ2n) is 7.39. The molecule has 1 amide bonds. The summed E-state index contributed by atoms with van der Waals surface area (Å²) in [5, 5.41) is 0. The summed E-state index contributed by atoms with van der Waals surface area (Å²) in [7, 11) is 1.79. The normalized spacial score (nSPS) is 11.5. The van der Waals surface area contributed by atoms with E-state index in [-0.39, 0.29) is 12.5 Å². The maximum absolute atomic E-state index is 12.8. The Labute approximate surface area is 175 Å². The third-order valence-electron chi connectivity index (χ3n) is 4.91. The number of aromatic nitrogens is 2. The number of likely N-dealkylation sites (N-methyl/N-ethyl adjacent to an activating group) is 1. The Morgan fingerprint density at radius 2 is 1.57 bits per heavy atom.